The van der Waals surface area contributed by atoms with Crippen molar-refractivity contribution in [3.8, 4) is 0 Å². The fourth-order valence-electron chi connectivity index (χ4n) is 2.68. The van der Waals surface area contributed by atoms with Gasteiger partial charge in [0.1, 0.15) is 0 Å². The molecule has 0 aromatic heterocycles. The van der Waals surface area contributed by atoms with E-state index in [4.69, 9.17) is 0 Å². The maximum absolute atomic E-state index is 12.1. The highest BCUT2D eigenvalue weighted by Crippen LogP contribution is 2.28. The molecule has 2 unspecified atom stereocenters. The Kier molecular flexibility index (Phi) is 6.38. The monoisotopic (exact) mass is 312 g/mol. The van der Waals surface area contributed by atoms with E-state index in [-0.39, 0.29) is 6.04 Å². The maximum Gasteiger partial charge on any atom is 0.240 e. The minimum atomic E-state index is -3.41. The summed E-state index contributed by atoms with van der Waals surface area (Å²) >= 11 is 0. The van der Waals surface area contributed by atoms with Crippen LogP contribution in [0.15, 0.2) is 29.2 Å². The zero-order chi connectivity index (χ0) is 16.2. The van der Waals surface area contributed by atoms with Gasteiger partial charge in [0, 0.05) is 18.0 Å². The fourth-order valence-corrected chi connectivity index (χ4v) is 3.93. The average Bonchev–Trinajstić information content (AvgIpc) is 2.37. The Bertz CT molecular complexity index is 536. The van der Waals surface area contributed by atoms with Gasteiger partial charge in [0.2, 0.25) is 10.0 Å². The average molecular weight is 312 g/mol. The highest BCUT2D eigenvalue weighted by atomic mass is 32.2. The van der Waals surface area contributed by atoms with Gasteiger partial charge in [-0.25, -0.2) is 13.1 Å². The van der Waals surface area contributed by atoms with E-state index in [0.29, 0.717) is 22.8 Å². The second-order valence-corrected chi connectivity index (χ2v) is 7.91. The summed E-state index contributed by atoms with van der Waals surface area (Å²) in [5.41, 5.74) is 1.16. The van der Waals surface area contributed by atoms with Crippen LogP contribution in [0.1, 0.15) is 46.1 Å². The fraction of sp³-hybridized carbons (Fsp3) is 0.625. The van der Waals surface area contributed by atoms with Gasteiger partial charge in [-0.05, 0) is 51.4 Å². The Morgan fingerprint density at radius 3 is 1.86 bits per heavy atom. The molecule has 5 heteroatoms. The van der Waals surface area contributed by atoms with Gasteiger partial charge in [0.05, 0.1) is 4.90 Å². The molecule has 1 aromatic rings. The van der Waals surface area contributed by atoms with Crippen molar-refractivity contribution in [3.05, 3.63) is 29.8 Å². The van der Waals surface area contributed by atoms with Crippen molar-refractivity contribution in [1.29, 1.82) is 0 Å². The molecule has 120 valence electrons. The van der Waals surface area contributed by atoms with Crippen LogP contribution in [-0.2, 0) is 10.0 Å². The van der Waals surface area contributed by atoms with E-state index in [2.05, 4.69) is 30.8 Å². The zero-order valence-electron chi connectivity index (χ0n) is 13.8. The van der Waals surface area contributed by atoms with Crippen LogP contribution in [-0.4, -0.2) is 27.5 Å². The Hall–Kier alpha value is -0.910. The van der Waals surface area contributed by atoms with Gasteiger partial charge in [-0.1, -0.05) is 26.0 Å². The first-order chi connectivity index (χ1) is 9.69. The third-order valence-electron chi connectivity index (χ3n) is 3.68. The van der Waals surface area contributed by atoms with Crippen molar-refractivity contribution < 1.29 is 8.42 Å². The molecule has 0 aliphatic carbocycles. The minimum Gasteiger partial charge on any atom is -0.317 e. The molecule has 0 aliphatic heterocycles. The molecule has 2 N–H and O–H groups in total. The van der Waals surface area contributed by atoms with E-state index in [0.717, 1.165) is 5.56 Å². The van der Waals surface area contributed by atoms with Gasteiger partial charge in [-0.15, -0.1) is 0 Å². The lowest BCUT2D eigenvalue weighted by Gasteiger charge is -2.28. The number of sulfonamides is 1. The van der Waals surface area contributed by atoms with Crippen molar-refractivity contribution >= 4 is 10.0 Å². The molecular weight excluding hydrogens is 284 g/mol. The highest BCUT2D eigenvalue weighted by Gasteiger charge is 2.22. The molecule has 0 saturated carbocycles. The molecule has 0 radical (unpaired) electrons. The largest absolute Gasteiger partial charge is 0.317 e. The van der Waals surface area contributed by atoms with Gasteiger partial charge in [-0.2, -0.15) is 0 Å². The van der Waals surface area contributed by atoms with E-state index >= 15 is 0 Å². The first-order valence-electron chi connectivity index (χ1n) is 7.48. The second-order valence-electron chi connectivity index (χ2n) is 6.19. The normalized spacial score (nSPS) is 15.4. The van der Waals surface area contributed by atoms with E-state index < -0.39 is 10.0 Å². The summed E-state index contributed by atoms with van der Waals surface area (Å²) in [6.07, 6.45) is 0. The predicted octanol–water partition coefficient (Wildman–Crippen LogP) is 2.72. The Morgan fingerprint density at radius 2 is 1.48 bits per heavy atom. The SMILES string of the molecule is CNC(C)C(c1ccc(S(=O)(=O)NC(C)C)cc1)C(C)C. The molecule has 1 aromatic carbocycles. The molecule has 0 fully saturated rings. The van der Waals surface area contributed by atoms with Gasteiger partial charge >= 0.3 is 0 Å². The third-order valence-corrected chi connectivity index (χ3v) is 5.35. The lowest BCUT2D eigenvalue weighted by Crippen LogP contribution is -2.32. The molecule has 1 rings (SSSR count). The van der Waals surface area contributed by atoms with Gasteiger partial charge in [0.25, 0.3) is 0 Å². The summed E-state index contributed by atoms with van der Waals surface area (Å²) < 4.78 is 26.8. The van der Waals surface area contributed by atoms with Crippen molar-refractivity contribution in [2.75, 3.05) is 7.05 Å². The van der Waals surface area contributed by atoms with Crippen LogP contribution >= 0.6 is 0 Å². The molecule has 0 spiro atoms. The summed E-state index contributed by atoms with van der Waals surface area (Å²) in [6.45, 7) is 10.1. The van der Waals surface area contributed by atoms with Crippen LogP contribution in [0, 0.1) is 5.92 Å². The number of nitrogens with one attached hydrogen (secondary N) is 2. The predicted molar refractivity (Wildman–Crippen MR) is 88.0 cm³/mol. The van der Waals surface area contributed by atoms with Crippen LogP contribution in [0.3, 0.4) is 0 Å². The number of hydrogen-bond acceptors (Lipinski definition) is 3. The molecule has 0 saturated heterocycles. The molecule has 0 bridgehead atoms. The van der Waals surface area contributed by atoms with Crippen molar-refractivity contribution in [3.63, 3.8) is 0 Å². The van der Waals surface area contributed by atoms with Crippen LogP contribution in [0.4, 0.5) is 0 Å². The standard InChI is InChI=1S/C16H28N2O2S/c1-11(2)16(13(5)17-6)14-7-9-15(10-8-14)21(19,20)18-12(3)4/h7-13,16-18H,1-6H3. The quantitative estimate of drug-likeness (QED) is 0.814. The summed E-state index contributed by atoms with van der Waals surface area (Å²) in [5.74, 6) is 0.827. The zero-order valence-corrected chi connectivity index (χ0v) is 14.7. The summed E-state index contributed by atoms with van der Waals surface area (Å²) in [4.78, 5) is 0.319. The Labute approximate surface area is 129 Å². The highest BCUT2D eigenvalue weighted by molar-refractivity contribution is 7.89. The van der Waals surface area contributed by atoms with E-state index in [1.807, 2.05) is 33.0 Å². The van der Waals surface area contributed by atoms with Gasteiger partial charge in [0.15, 0.2) is 0 Å². The van der Waals surface area contributed by atoms with E-state index in [1.165, 1.54) is 0 Å². The molecule has 0 heterocycles. The summed E-state index contributed by atoms with van der Waals surface area (Å²) in [5, 5.41) is 3.29. The Balaban J connectivity index is 3.06. The van der Waals surface area contributed by atoms with Gasteiger partial charge < -0.3 is 5.32 Å². The van der Waals surface area contributed by atoms with Crippen LogP contribution in [0.25, 0.3) is 0 Å². The van der Waals surface area contributed by atoms with Crippen molar-refractivity contribution in [1.82, 2.24) is 10.0 Å². The molecule has 0 amide bonds. The van der Waals surface area contributed by atoms with Crippen LogP contribution < -0.4 is 10.0 Å². The number of hydrogen-bond donors (Lipinski definition) is 2. The smallest absolute Gasteiger partial charge is 0.240 e. The van der Waals surface area contributed by atoms with Gasteiger partial charge in [-0.3, -0.25) is 0 Å². The van der Waals surface area contributed by atoms with E-state index in [9.17, 15) is 8.42 Å². The molecule has 0 aliphatic rings. The maximum atomic E-state index is 12.1. The summed E-state index contributed by atoms with van der Waals surface area (Å²) in [7, 11) is -1.46. The number of rotatable bonds is 7. The third kappa shape index (κ3) is 4.80. The summed E-state index contributed by atoms with van der Waals surface area (Å²) in [6, 6.07) is 7.46. The lowest BCUT2D eigenvalue weighted by atomic mass is 9.83. The second kappa shape index (κ2) is 7.38. The van der Waals surface area contributed by atoms with Crippen molar-refractivity contribution in [2.24, 2.45) is 5.92 Å². The molecule has 4 nitrogen and oxygen atoms in total. The van der Waals surface area contributed by atoms with Crippen molar-refractivity contribution in [2.45, 2.75) is 57.5 Å². The molecule has 21 heavy (non-hydrogen) atoms. The minimum absolute atomic E-state index is 0.109. The van der Waals surface area contributed by atoms with E-state index in [1.54, 1.807) is 12.1 Å². The number of benzene rings is 1. The van der Waals surface area contributed by atoms with Crippen LogP contribution in [0.2, 0.25) is 0 Å². The first kappa shape index (κ1) is 18.1. The lowest BCUT2D eigenvalue weighted by molar-refractivity contribution is 0.395. The topological polar surface area (TPSA) is 58.2 Å². The molecular formula is C16H28N2O2S. The number of likely N-dealkylation sites (N-methyl/N-ethyl adjacent to an activating group) is 1. The first-order valence-corrected chi connectivity index (χ1v) is 8.97. The van der Waals surface area contributed by atoms with Crippen LogP contribution in [0.5, 0.6) is 0 Å². The molecule has 2 atom stereocenters. The Morgan fingerprint density at radius 1 is 0.952 bits per heavy atom.